The van der Waals surface area contributed by atoms with Crippen LogP contribution in [0.3, 0.4) is 0 Å². The highest BCUT2D eigenvalue weighted by Gasteiger charge is 2.13. The van der Waals surface area contributed by atoms with Crippen molar-refractivity contribution in [1.29, 1.82) is 0 Å². The predicted molar refractivity (Wildman–Crippen MR) is 72.4 cm³/mol. The van der Waals surface area contributed by atoms with Crippen LogP contribution in [0, 0.1) is 5.82 Å². The third-order valence-electron chi connectivity index (χ3n) is 2.88. The first-order chi connectivity index (χ1) is 10.7. The van der Waals surface area contributed by atoms with Crippen molar-refractivity contribution >= 4 is 5.97 Å². The fraction of sp³-hybridized carbons (Fsp3) is 0.143. The van der Waals surface area contributed by atoms with Gasteiger partial charge in [-0.15, -0.1) is 10.2 Å². The highest BCUT2D eigenvalue weighted by Crippen LogP contribution is 2.15. The van der Waals surface area contributed by atoms with Crippen LogP contribution in [0.1, 0.15) is 16.3 Å². The average molecular weight is 302 g/mol. The maximum atomic E-state index is 13.2. The van der Waals surface area contributed by atoms with Gasteiger partial charge < -0.3 is 9.15 Å². The molecule has 0 N–H and O–H groups in total. The van der Waals surface area contributed by atoms with Crippen LogP contribution in [-0.2, 0) is 11.3 Å². The molecular formula is C14H11FN4O3. The van der Waals surface area contributed by atoms with Crippen molar-refractivity contribution < 1.29 is 18.3 Å². The molecule has 8 heteroatoms. The van der Waals surface area contributed by atoms with Gasteiger partial charge in [0, 0.05) is 5.56 Å². The number of esters is 1. The number of carbonyl (C=O) groups excluding carboxylic acids is 1. The monoisotopic (exact) mass is 302 g/mol. The summed E-state index contributed by atoms with van der Waals surface area (Å²) in [4.78, 5) is 12.6. The summed E-state index contributed by atoms with van der Waals surface area (Å²) in [6, 6.07) is 9.05. The van der Waals surface area contributed by atoms with E-state index in [1.54, 1.807) is 18.2 Å². The van der Waals surface area contributed by atoms with E-state index in [0.717, 1.165) is 0 Å². The average Bonchev–Trinajstić information content (AvgIpc) is 3.16. The Labute approximate surface area is 124 Å². The smallest absolute Gasteiger partial charge is 0.373 e. The zero-order valence-corrected chi connectivity index (χ0v) is 11.6. The molecule has 112 valence electrons. The minimum absolute atomic E-state index is 0.1000. The standard InChI is InChI=1S/C14H11FN4O3/c1-21-14(20)12-6-5-11(22-12)8-19-17-13(16-18-19)9-3-2-4-10(15)7-9/h2-7H,8H2,1H3. The van der Waals surface area contributed by atoms with Gasteiger partial charge in [0.1, 0.15) is 18.1 Å². The van der Waals surface area contributed by atoms with E-state index < -0.39 is 5.97 Å². The lowest BCUT2D eigenvalue weighted by Gasteiger charge is -1.96. The lowest BCUT2D eigenvalue weighted by molar-refractivity contribution is 0.0562. The molecular weight excluding hydrogens is 291 g/mol. The quantitative estimate of drug-likeness (QED) is 0.685. The van der Waals surface area contributed by atoms with E-state index in [4.69, 9.17) is 4.42 Å². The first kappa shape index (κ1) is 13.9. The van der Waals surface area contributed by atoms with Crippen molar-refractivity contribution in [3.05, 3.63) is 53.7 Å². The Morgan fingerprint density at radius 2 is 2.23 bits per heavy atom. The molecule has 0 bridgehead atoms. The minimum Gasteiger partial charge on any atom is -0.463 e. The molecule has 0 saturated heterocycles. The summed E-state index contributed by atoms with van der Waals surface area (Å²) >= 11 is 0. The van der Waals surface area contributed by atoms with Crippen LogP contribution >= 0.6 is 0 Å². The Hall–Kier alpha value is -3.03. The van der Waals surface area contributed by atoms with Gasteiger partial charge in [-0.2, -0.15) is 4.80 Å². The lowest BCUT2D eigenvalue weighted by Crippen LogP contribution is -2.03. The predicted octanol–water partition coefficient (Wildman–Crippen LogP) is 1.91. The molecule has 22 heavy (non-hydrogen) atoms. The van der Waals surface area contributed by atoms with Crippen LogP contribution in [0.25, 0.3) is 11.4 Å². The summed E-state index contributed by atoms with van der Waals surface area (Å²) in [5.74, 6) is -0.0494. The Bertz CT molecular complexity index is 812. The van der Waals surface area contributed by atoms with E-state index in [0.29, 0.717) is 17.1 Å². The molecule has 0 aliphatic heterocycles. The summed E-state index contributed by atoms with van der Waals surface area (Å²) < 4.78 is 23.0. The Kier molecular flexibility index (Phi) is 3.65. The molecule has 3 rings (SSSR count). The largest absolute Gasteiger partial charge is 0.463 e. The Balaban J connectivity index is 1.77. The molecule has 0 unspecified atom stereocenters. The summed E-state index contributed by atoms with van der Waals surface area (Å²) in [5.41, 5.74) is 0.529. The Morgan fingerprint density at radius 3 is 3.00 bits per heavy atom. The van der Waals surface area contributed by atoms with E-state index in [1.807, 2.05) is 0 Å². The molecule has 1 aromatic carbocycles. The maximum Gasteiger partial charge on any atom is 0.373 e. The van der Waals surface area contributed by atoms with Crippen molar-refractivity contribution in [2.75, 3.05) is 7.11 Å². The van der Waals surface area contributed by atoms with E-state index in [9.17, 15) is 9.18 Å². The van der Waals surface area contributed by atoms with Crippen LogP contribution < -0.4 is 0 Å². The molecule has 0 fully saturated rings. The number of methoxy groups -OCH3 is 1. The highest BCUT2D eigenvalue weighted by molar-refractivity contribution is 5.86. The second kappa shape index (κ2) is 5.76. The normalized spacial score (nSPS) is 10.6. The number of rotatable bonds is 4. The highest BCUT2D eigenvalue weighted by atomic mass is 19.1. The number of nitrogens with zero attached hydrogens (tertiary/aromatic N) is 4. The molecule has 2 aromatic heterocycles. The van der Waals surface area contributed by atoms with Crippen molar-refractivity contribution in [3.8, 4) is 11.4 Å². The van der Waals surface area contributed by atoms with Crippen molar-refractivity contribution in [1.82, 2.24) is 20.2 Å². The third kappa shape index (κ3) is 2.85. The van der Waals surface area contributed by atoms with E-state index >= 15 is 0 Å². The molecule has 0 atom stereocenters. The molecule has 0 saturated carbocycles. The van der Waals surface area contributed by atoms with Gasteiger partial charge in [0.15, 0.2) is 0 Å². The van der Waals surface area contributed by atoms with E-state index in [1.165, 1.54) is 30.1 Å². The molecule has 0 amide bonds. The summed E-state index contributed by atoms with van der Waals surface area (Å²) in [6.45, 7) is 0.194. The first-order valence-corrected chi connectivity index (χ1v) is 6.36. The van der Waals surface area contributed by atoms with Gasteiger partial charge in [-0.05, 0) is 29.5 Å². The second-order valence-corrected chi connectivity index (χ2v) is 4.41. The number of ether oxygens (including phenoxy) is 1. The van der Waals surface area contributed by atoms with Gasteiger partial charge in [-0.1, -0.05) is 12.1 Å². The maximum absolute atomic E-state index is 13.2. The van der Waals surface area contributed by atoms with Crippen molar-refractivity contribution in [2.24, 2.45) is 0 Å². The number of aromatic nitrogens is 4. The van der Waals surface area contributed by atoms with Gasteiger partial charge >= 0.3 is 5.97 Å². The van der Waals surface area contributed by atoms with Crippen LogP contribution in [0.4, 0.5) is 4.39 Å². The molecule has 0 aliphatic carbocycles. The first-order valence-electron chi connectivity index (χ1n) is 6.36. The topological polar surface area (TPSA) is 83.0 Å². The number of hydrogen-bond acceptors (Lipinski definition) is 6. The molecule has 2 heterocycles. The number of hydrogen-bond donors (Lipinski definition) is 0. The third-order valence-corrected chi connectivity index (χ3v) is 2.88. The number of carbonyl (C=O) groups is 1. The zero-order chi connectivity index (χ0) is 15.5. The second-order valence-electron chi connectivity index (χ2n) is 4.41. The molecule has 0 spiro atoms. The Morgan fingerprint density at radius 1 is 1.36 bits per heavy atom. The zero-order valence-electron chi connectivity index (χ0n) is 11.6. The van der Waals surface area contributed by atoms with Gasteiger partial charge in [-0.3, -0.25) is 0 Å². The lowest BCUT2D eigenvalue weighted by atomic mass is 10.2. The minimum atomic E-state index is -0.557. The number of halogens is 1. The van der Waals surface area contributed by atoms with E-state index in [-0.39, 0.29) is 18.1 Å². The van der Waals surface area contributed by atoms with Gasteiger partial charge in [0.2, 0.25) is 11.6 Å². The van der Waals surface area contributed by atoms with Crippen molar-refractivity contribution in [2.45, 2.75) is 6.54 Å². The molecule has 0 aliphatic rings. The number of tetrazole rings is 1. The van der Waals surface area contributed by atoms with Crippen LogP contribution in [0.5, 0.6) is 0 Å². The van der Waals surface area contributed by atoms with Crippen molar-refractivity contribution in [3.63, 3.8) is 0 Å². The molecule has 7 nitrogen and oxygen atoms in total. The van der Waals surface area contributed by atoms with Gasteiger partial charge in [0.25, 0.3) is 0 Å². The van der Waals surface area contributed by atoms with Crippen LogP contribution in [0.15, 0.2) is 40.8 Å². The molecule has 3 aromatic rings. The fourth-order valence-corrected chi connectivity index (χ4v) is 1.87. The SMILES string of the molecule is COC(=O)c1ccc(Cn2nnc(-c3cccc(F)c3)n2)o1. The summed E-state index contributed by atoms with van der Waals surface area (Å²) in [6.07, 6.45) is 0. The summed E-state index contributed by atoms with van der Waals surface area (Å²) in [5, 5.41) is 11.9. The molecule has 0 radical (unpaired) electrons. The number of benzene rings is 1. The van der Waals surface area contributed by atoms with E-state index in [2.05, 4.69) is 20.1 Å². The van der Waals surface area contributed by atoms with Gasteiger partial charge in [0.05, 0.1) is 7.11 Å². The van der Waals surface area contributed by atoms with Crippen LogP contribution in [-0.4, -0.2) is 33.3 Å². The number of furan rings is 1. The van der Waals surface area contributed by atoms with Crippen LogP contribution in [0.2, 0.25) is 0 Å². The fourth-order valence-electron chi connectivity index (χ4n) is 1.87. The van der Waals surface area contributed by atoms with Gasteiger partial charge in [-0.25, -0.2) is 9.18 Å². The summed E-state index contributed by atoms with van der Waals surface area (Å²) in [7, 11) is 1.27.